The molecule has 0 aliphatic heterocycles. The molecule has 0 radical (unpaired) electrons. The highest BCUT2D eigenvalue weighted by molar-refractivity contribution is 6.32. The van der Waals surface area contributed by atoms with Crippen LogP contribution in [0.15, 0.2) is 42.5 Å². The van der Waals surface area contributed by atoms with E-state index in [2.05, 4.69) is 0 Å². The molecule has 5 nitrogen and oxygen atoms in total. The highest BCUT2D eigenvalue weighted by Gasteiger charge is 2.18. The standard InChI is InChI=1S/C21H24ClNO4/c1-14(16-8-6-7-9-18(16)25-3)23(2)20(24)11-10-15-12-17(22)21(27-5)19(13-15)26-4/h6-14H,1-5H3/b11-10+. The third kappa shape index (κ3) is 4.74. The van der Waals surface area contributed by atoms with Crippen LogP contribution >= 0.6 is 11.6 Å². The van der Waals surface area contributed by atoms with Crippen LogP contribution in [0.25, 0.3) is 6.08 Å². The molecule has 0 bridgehead atoms. The molecule has 0 aromatic heterocycles. The Morgan fingerprint density at radius 2 is 1.74 bits per heavy atom. The average molecular weight is 390 g/mol. The van der Waals surface area contributed by atoms with Gasteiger partial charge in [-0.25, -0.2) is 0 Å². The van der Waals surface area contributed by atoms with Gasteiger partial charge in [0.1, 0.15) is 5.75 Å². The minimum Gasteiger partial charge on any atom is -0.496 e. The molecular formula is C21H24ClNO4. The predicted octanol–water partition coefficient (Wildman–Crippen LogP) is 4.60. The van der Waals surface area contributed by atoms with Crippen LogP contribution in [0.5, 0.6) is 17.2 Å². The molecule has 0 saturated carbocycles. The van der Waals surface area contributed by atoms with Crippen LogP contribution in [0.4, 0.5) is 0 Å². The molecule has 6 heteroatoms. The maximum Gasteiger partial charge on any atom is 0.246 e. The van der Waals surface area contributed by atoms with E-state index >= 15 is 0 Å². The molecule has 0 N–H and O–H groups in total. The van der Waals surface area contributed by atoms with Crippen LogP contribution in [0.2, 0.25) is 5.02 Å². The van der Waals surface area contributed by atoms with Crippen LogP contribution in [0, 0.1) is 0 Å². The number of hydrogen-bond donors (Lipinski definition) is 0. The van der Waals surface area contributed by atoms with Gasteiger partial charge in [-0.05, 0) is 36.8 Å². The van der Waals surface area contributed by atoms with Crippen molar-refractivity contribution in [2.45, 2.75) is 13.0 Å². The summed E-state index contributed by atoms with van der Waals surface area (Å²) in [6.45, 7) is 1.96. The zero-order valence-corrected chi connectivity index (χ0v) is 16.9. The third-order valence-electron chi connectivity index (χ3n) is 4.39. The molecule has 1 unspecified atom stereocenters. The topological polar surface area (TPSA) is 48.0 Å². The molecule has 1 amide bonds. The fourth-order valence-electron chi connectivity index (χ4n) is 2.73. The Labute approximate surface area is 165 Å². The fraction of sp³-hybridized carbons (Fsp3) is 0.286. The highest BCUT2D eigenvalue weighted by atomic mass is 35.5. The van der Waals surface area contributed by atoms with E-state index in [1.807, 2.05) is 31.2 Å². The zero-order chi connectivity index (χ0) is 20.0. The molecule has 0 aliphatic carbocycles. The molecule has 0 spiro atoms. The summed E-state index contributed by atoms with van der Waals surface area (Å²) >= 11 is 6.21. The molecule has 27 heavy (non-hydrogen) atoms. The van der Waals surface area contributed by atoms with Crippen molar-refractivity contribution >= 4 is 23.6 Å². The van der Waals surface area contributed by atoms with E-state index < -0.39 is 0 Å². The Hall–Kier alpha value is -2.66. The highest BCUT2D eigenvalue weighted by Crippen LogP contribution is 2.36. The van der Waals surface area contributed by atoms with Crippen molar-refractivity contribution in [3.8, 4) is 17.2 Å². The summed E-state index contributed by atoms with van der Waals surface area (Å²) in [5, 5.41) is 0.416. The lowest BCUT2D eigenvalue weighted by atomic mass is 10.1. The molecule has 2 aromatic rings. The van der Waals surface area contributed by atoms with Crippen LogP contribution in [-0.4, -0.2) is 39.2 Å². The molecule has 0 heterocycles. The van der Waals surface area contributed by atoms with Crippen LogP contribution in [0.3, 0.4) is 0 Å². The Morgan fingerprint density at radius 1 is 1.07 bits per heavy atom. The van der Waals surface area contributed by atoms with Crippen molar-refractivity contribution in [2.24, 2.45) is 0 Å². The van der Waals surface area contributed by atoms with Gasteiger partial charge in [-0.2, -0.15) is 0 Å². The van der Waals surface area contributed by atoms with E-state index in [9.17, 15) is 4.79 Å². The Morgan fingerprint density at radius 3 is 2.37 bits per heavy atom. The van der Waals surface area contributed by atoms with Gasteiger partial charge >= 0.3 is 0 Å². The van der Waals surface area contributed by atoms with Crippen molar-refractivity contribution in [1.29, 1.82) is 0 Å². The molecule has 2 rings (SSSR count). The summed E-state index contributed by atoms with van der Waals surface area (Å²) in [5.41, 5.74) is 1.68. The Kier molecular flexibility index (Phi) is 7.13. The Bertz CT molecular complexity index is 835. The summed E-state index contributed by atoms with van der Waals surface area (Å²) < 4.78 is 15.9. The number of nitrogens with zero attached hydrogens (tertiary/aromatic N) is 1. The second kappa shape index (κ2) is 9.33. The van der Waals surface area contributed by atoms with Gasteiger partial charge in [0.15, 0.2) is 11.5 Å². The van der Waals surface area contributed by atoms with Gasteiger partial charge < -0.3 is 19.1 Å². The summed E-state index contributed by atoms with van der Waals surface area (Å²) in [6, 6.07) is 11.0. The van der Waals surface area contributed by atoms with Crippen molar-refractivity contribution < 1.29 is 19.0 Å². The van der Waals surface area contributed by atoms with Crippen LogP contribution in [0.1, 0.15) is 24.1 Å². The number of carbonyl (C=O) groups is 1. The zero-order valence-electron chi connectivity index (χ0n) is 16.2. The van der Waals surface area contributed by atoms with E-state index in [1.165, 1.54) is 20.3 Å². The van der Waals surface area contributed by atoms with Crippen molar-refractivity contribution in [2.75, 3.05) is 28.4 Å². The number of methoxy groups -OCH3 is 3. The third-order valence-corrected chi connectivity index (χ3v) is 4.67. The van der Waals surface area contributed by atoms with Crippen molar-refractivity contribution in [3.63, 3.8) is 0 Å². The monoisotopic (exact) mass is 389 g/mol. The van der Waals surface area contributed by atoms with Crippen LogP contribution < -0.4 is 14.2 Å². The molecule has 0 aliphatic rings. The number of para-hydroxylation sites is 1. The van der Waals surface area contributed by atoms with Gasteiger partial charge in [0.2, 0.25) is 5.91 Å². The average Bonchev–Trinajstić information content (AvgIpc) is 2.70. The first-order chi connectivity index (χ1) is 12.9. The molecule has 2 aromatic carbocycles. The minimum absolute atomic E-state index is 0.140. The first-order valence-corrected chi connectivity index (χ1v) is 8.80. The number of hydrogen-bond acceptors (Lipinski definition) is 4. The van der Waals surface area contributed by atoms with E-state index in [-0.39, 0.29) is 11.9 Å². The van der Waals surface area contributed by atoms with Gasteiger partial charge in [0.05, 0.1) is 32.4 Å². The number of halogens is 1. The normalized spacial score (nSPS) is 11.9. The number of rotatable bonds is 7. The smallest absolute Gasteiger partial charge is 0.246 e. The lowest BCUT2D eigenvalue weighted by molar-refractivity contribution is -0.126. The summed E-state index contributed by atoms with van der Waals surface area (Å²) in [4.78, 5) is 14.3. The largest absolute Gasteiger partial charge is 0.496 e. The summed E-state index contributed by atoms with van der Waals surface area (Å²) in [5.74, 6) is 1.58. The second-order valence-corrected chi connectivity index (χ2v) is 6.35. The maximum absolute atomic E-state index is 12.6. The van der Waals surface area contributed by atoms with Crippen LogP contribution in [-0.2, 0) is 4.79 Å². The second-order valence-electron chi connectivity index (χ2n) is 5.94. The molecule has 0 saturated heterocycles. The number of amides is 1. The molecular weight excluding hydrogens is 366 g/mol. The first-order valence-electron chi connectivity index (χ1n) is 8.42. The fourth-order valence-corrected chi connectivity index (χ4v) is 3.03. The van der Waals surface area contributed by atoms with Gasteiger partial charge in [-0.3, -0.25) is 4.79 Å². The van der Waals surface area contributed by atoms with E-state index in [1.54, 1.807) is 37.3 Å². The van der Waals surface area contributed by atoms with E-state index in [0.717, 1.165) is 16.9 Å². The summed E-state index contributed by atoms with van der Waals surface area (Å²) in [6.07, 6.45) is 3.20. The quantitative estimate of drug-likeness (QED) is 0.649. The number of ether oxygens (including phenoxy) is 3. The number of carbonyl (C=O) groups excluding carboxylic acids is 1. The number of benzene rings is 2. The lowest BCUT2D eigenvalue weighted by Crippen LogP contribution is -2.28. The van der Waals surface area contributed by atoms with Gasteiger partial charge in [0.25, 0.3) is 0 Å². The Balaban J connectivity index is 2.20. The number of likely N-dealkylation sites (N-methyl/N-ethyl adjacent to an activating group) is 1. The summed E-state index contributed by atoms with van der Waals surface area (Å²) in [7, 11) is 6.44. The molecule has 144 valence electrons. The SMILES string of the molecule is COc1ccccc1C(C)N(C)C(=O)/C=C/c1cc(Cl)c(OC)c(OC)c1. The minimum atomic E-state index is -0.146. The van der Waals surface area contributed by atoms with Gasteiger partial charge in [-0.1, -0.05) is 29.8 Å². The predicted molar refractivity (Wildman–Crippen MR) is 108 cm³/mol. The van der Waals surface area contributed by atoms with Gasteiger partial charge in [0, 0.05) is 18.7 Å². The van der Waals surface area contributed by atoms with E-state index in [0.29, 0.717) is 16.5 Å². The first kappa shape index (κ1) is 20.6. The van der Waals surface area contributed by atoms with Crippen molar-refractivity contribution in [3.05, 3.63) is 58.6 Å². The van der Waals surface area contributed by atoms with Crippen molar-refractivity contribution in [1.82, 2.24) is 4.90 Å². The molecule has 0 fully saturated rings. The maximum atomic E-state index is 12.6. The van der Waals surface area contributed by atoms with E-state index in [4.69, 9.17) is 25.8 Å². The lowest BCUT2D eigenvalue weighted by Gasteiger charge is -2.25. The molecule has 1 atom stereocenters. The van der Waals surface area contributed by atoms with Gasteiger partial charge in [-0.15, -0.1) is 0 Å².